The highest BCUT2D eigenvalue weighted by Crippen LogP contribution is 2.21. The summed E-state index contributed by atoms with van der Waals surface area (Å²) in [7, 11) is 5.99. The minimum Gasteiger partial charge on any atom is -0.346 e. The van der Waals surface area contributed by atoms with Crippen molar-refractivity contribution in [2.75, 3.05) is 14.1 Å². The lowest BCUT2D eigenvalue weighted by atomic mass is 10.2. The molecule has 0 atom stereocenters. The quantitative estimate of drug-likeness (QED) is 0.732. The molecular formula is C12H15FN2. The van der Waals surface area contributed by atoms with E-state index in [-0.39, 0.29) is 5.82 Å². The summed E-state index contributed by atoms with van der Waals surface area (Å²) in [6, 6.07) is 7.11. The summed E-state index contributed by atoms with van der Waals surface area (Å²) in [6.07, 6.45) is 0. The van der Waals surface area contributed by atoms with Crippen LogP contribution in [0, 0.1) is 5.82 Å². The van der Waals surface area contributed by atoms with Crippen LogP contribution in [0.4, 0.5) is 4.39 Å². The molecule has 1 heterocycles. The lowest BCUT2D eigenvalue weighted by molar-refractivity contribution is 0.392. The molecule has 0 unspecified atom stereocenters. The number of aromatic nitrogens is 1. The number of aryl methyl sites for hydroxylation is 1. The summed E-state index contributed by atoms with van der Waals surface area (Å²) in [5, 5.41) is 0.705. The first kappa shape index (κ1) is 10.2. The van der Waals surface area contributed by atoms with Gasteiger partial charge in [-0.25, -0.2) is 4.39 Å². The Labute approximate surface area is 88.9 Å². The van der Waals surface area contributed by atoms with Gasteiger partial charge in [0.05, 0.1) is 5.52 Å². The number of hydrogen-bond acceptors (Lipinski definition) is 1. The molecule has 15 heavy (non-hydrogen) atoms. The average molecular weight is 206 g/mol. The maximum absolute atomic E-state index is 13.5. The first-order valence-electron chi connectivity index (χ1n) is 4.97. The zero-order valence-corrected chi connectivity index (χ0v) is 9.29. The largest absolute Gasteiger partial charge is 0.346 e. The molecule has 0 saturated carbocycles. The smallest absolute Gasteiger partial charge is 0.132 e. The van der Waals surface area contributed by atoms with Crippen LogP contribution >= 0.6 is 0 Å². The molecule has 0 aliphatic heterocycles. The van der Waals surface area contributed by atoms with E-state index in [1.165, 1.54) is 6.07 Å². The number of benzene rings is 1. The van der Waals surface area contributed by atoms with Crippen LogP contribution < -0.4 is 0 Å². The third kappa shape index (κ3) is 1.75. The Morgan fingerprint density at radius 1 is 1.33 bits per heavy atom. The van der Waals surface area contributed by atoms with E-state index in [2.05, 4.69) is 4.90 Å². The summed E-state index contributed by atoms with van der Waals surface area (Å²) >= 11 is 0. The molecule has 0 aliphatic rings. The van der Waals surface area contributed by atoms with Crippen LogP contribution in [-0.2, 0) is 13.6 Å². The molecule has 2 aromatic rings. The molecule has 3 heteroatoms. The summed E-state index contributed by atoms with van der Waals surface area (Å²) in [4.78, 5) is 2.08. The van der Waals surface area contributed by atoms with Crippen LogP contribution in [0.15, 0.2) is 24.3 Å². The van der Waals surface area contributed by atoms with Gasteiger partial charge in [-0.2, -0.15) is 0 Å². The van der Waals surface area contributed by atoms with E-state index in [0.29, 0.717) is 5.39 Å². The first-order valence-corrected chi connectivity index (χ1v) is 4.97. The van der Waals surface area contributed by atoms with Gasteiger partial charge < -0.3 is 9.47 Å². The minimum atomic E-state index is -0.145. The van der Waals surface area contributed by atoms with Gasteiger partial charge in [0.25, 0.3) is 0 Å². The lowest BCUT2D eigenvalue weighted by Gasteiger charge is -2.10. The molecule has 1 aromatic carbocycles. The van der Waals surface area contributed by atoms with E-state index in [0.717, 1.165) is 17.8 Å². The summed E-state index contributed by atoms with van der Waals surface area (Å²) in [5.74, 6) is -0.145. The van der Waals surface area contributed by atoms with Gasteiger partial charge in [-0.1, -0.05) is 6.07 Å². The van der Waals surface area contributed by atoms with Crippen LogP contribution in [0.2, 0.25) is 0 Å². The molecule has 0 bridgehead atoms. The van der Waals surface area contributed by atoms with E-state index in [1.54, 1.807) is 6.07 Å². The Morgan fingerprint density at radius 3 is 2.67 bits per heavy atom. The fourth-order valence-electron chi connectivity index (χ4n) is 1.85. The minimum absolute atomic E-state index is 0.145. The van der Waals surface area contributed by atoms with Crippen molar-refractivity contribution in [3.8, 4) is 0 Å². The van der Waals surface area contributed by atoms with Crippen molar-refractivity contribution in [1.29, 1.82) is 0 Å². The number of halogens is 1. The third-order valence-electron chi connectivity index (χ3n) is 2.61. The number of fused-ring (bicyclic) bond motifs is 1. The van der Waals surface area contributed by atoms with Crippen LogP contribution in [0.1, 0.15) is 5.69 Å². The number of rotatable bonds is 2. The second-order valence-corrected chi connectivity index (χ2v) is 4.11. The molecule has 2 rings (SSSR count). The van der Waals surface area contributed by atoms with Gasteiger partial charge in [-0.15, -0.1) is 0 Å². The SMILES string of the molecule is CN(C)Cc1cc2c(F)cccc2n1C. The van der Waals surface area contributed by atoms with Gasteiger partial charge in [0.2, 0.25) is 0 Å². The molecule has 0 spiro atoms. The van der Waals surface area contributed by atoms with Crippen LogP contribution in [-0.4, -0.2) is 23.6 Å². The highest BCUT2D eigenvalue weighted by molar-refractivity contribution is 5.81. The Balaban J connectivity index is 2.59. The van der Waals surface area contributed by atoms with Crippen molar-refractivity contribution in [2.24, 2.45) is 7.05 Å². The molecule has 0 radical (unpaired) electrons. The maximum Gasteiger partial charge on any atom is 0.132 e. The van der Waals surface area contributed by atoms with Crippen molar-refractivity contribution in [3.63, 3.8) is 0 Å². The average Bonchev–Trinajstić information content (AvgIpc) is 2.46. The lowest BCUT2D eigenvalue weighted by Crippen LogP contribution is -2.13. The summed E-state index contributed by atoms with van der Waals surface area (Å²) in [6.45, 7) is 0.824. The fraction of sp³-hybridized carbons (Fsp3) is 0.333. The van der Waals surface area contributed by atoms with Crippen molar-refractivity contribution in [3.05, 3.63) is 35.8 Å². The van der Waals surface area contributed by atoms with Crippen LogP contribution in [0.3, 0.4) is 0 Å². The van der Waals surface area contributed by atoms with Crippen molar-refractivity contribution >= 4 is 10.9 Å². The summed E-state index contributed by atoms with van der Waals surface area (Å²) in [5.41, 5.74) is 2.08. The molecule has 1 aromatic heterocycles. The molecule has 0 N–H and O–H groups in total. The molecule has 0 aliphatic carbocycles. The topological polar surface area (TPSA) is 8.17 Å². The highest BCUT2D eigenvalue weighted by atomic mass is 19.1. The highest BCUT2D eigenvalue weighted by Gasteiger charge is 2.09. The monoisotopic (exact) mass is 206 g/mol. The van der Waals surface area contributed by atoms with E-state index in [9.17, 15) is 4.39 Å². The van der Waals surface area contributed by atoms with Gasteiger partial charge >= 0.3 is 0 Å². The summed E-state index contributed by atoms with van der Waals surface area (Å²) < 4.78 is 15.5. The maximum atomic E-state index is 13.5. The Morgan fingerprint density at radius 2 is 2.07 bits per heavy atom. The Kier molecular flexibility index (Phi) is 2.49. The van der Waals surface area contributed by atoms with E-state index >= 15 is 0 Å². The standard InChI is InChI=1S/C12H15FN2/c1-14(2)8-9-7-10-11(13)5-4-6-12(10)15(9)3/h4-7H,8H2,1-3H3. The molecule has 0 fully saturated rings. The predicted octanol–water partition coefficient (Wildman–Crippen LogP) is 2.38. The Bertz CT molecular complexity index is 486. The van der Waals surface area contributed by atoms with Gasteiger partial charge in [-0.3, -0.25) is 0 Å². The molecular weight excluding hydrogens is 191 g/mol. The van der Waals surface area contributed by atoms with E-state index in [4.69, 9.17) is 0 Å². The molecule has 2 nitrogen and oxygen atoms in total. The molecule has 0 saturated heterocycles. The van der Waals surface area contributed by atoms with Gasteiger partial charge in [-0.05, 0) is 32.3 Å². The van der Waals surface area contributed by atoms with E-state index < -0.39 is 0 Å². The predicted molar refractivity (Wildman–Crippen MR) is 60.3 cm³/mol. The normalized spacial score (nSPS) is 11.5. The van der Waals surface area contributed by atoms with Crippen LogP contribution in [0.25, 0.3) is 10.9 Å². The fourth-order valence-corrected chi connectivity index (χ4v) is 1.85. The number of hydrogen-bond donors (Lipinski definition) is 0. The number of nitrogens with zero attached hydrogens (tertiary/aromatic N) is 2. The van der Waals surface area contributed by atoms with E-state index in [1.807, 2.05) is 37.8 Å². The van der Waals surface area contributed by atoms with Gasteiger partial charge in [0.15, 0.2) is 0 Å². The van der Waals surface area contributed by atoms with Crippen molar-refractivity contribution < 1.29 is 4.39 Å². The van der Waals surface area contributed by atoms with Gasteiger partial charge in [0.1, 0.15) is 5.82 Å². The second kappa shape index (κ2) is 3.66. The Hall–Kier alpha value is -1.35. The van der Waals surface area contributed by atoms with Gasteiger partial charge in [0, 0.05) is 24.7 Å². The van der Waals surface area contributed by atoms with Crippen molar-refractivity contribution in [2.45, 2.75) is 6.54 Å². The second-order valence-electron chi connectivity index (χ2n) is 4.11. The molecule has 0 amide bonds. The zero-order chi connectivity index (χ0) is 11.0. The zero-order valence-electron chi connectivity index (χ0n) is 9.29. The molecule has 80 valence electrons. The van der Waals surface area contributed by atoms with Crippen molar-refractivity contribution in [1.82, 2.24) is 9.47 Å². The van der Waals surface area contributed by atoms with Crippen LogP contribution in [0.5, 0.6) is 0 Å². The third-order valence-corrected chi connectivity index (χ3v) is 2.61. The first-order chi connectivity index (χ1) is 7.09.